The van der Waals surface area contributed by atoms with Gasteiger partial charge in [0.05, 0.1) is 22.8 Å². The molecule has 0 amide bonds. The van der Waals surface area contributed by atoms with Crippen LogP contribution in [0.1, 0.15) is 5.69 Å². The Bertz CT molecular complexity index is 1020. The fourth-order valence-corrected chi connectivity index (χ4v) is 4.60. The van der Waals surface area contributed by atoms with Crippen LogP contribution in [-0.2, 0) is 9.59 Å². The highest BCUT2D eigenvalue weighted by atomic mass is 79.9. The summed E-state index contributed by atoms with van der Waals surface area (Å²) in [7, 11) is 1.55. The first-order valence-electron chi connectivity index (χ1n) is 7.03. The third-order valence-corrected chi connectivity index (χ3v) is 5.92. The van der Waals surface area contributed by atoms with Gasteiger partial charge in [0.25, 0.3) is 0 Å². The summed E-state index contributed by atoms with van der Waals surface area (Å²) in [6.45, 7) is 0. The molecule has 0 saturated carbocycles. The van der Waals surface area contributed by atoms with Crippen molar-refractivity contribution >= 4 is 83.8 Å². The zero-order valence-corrected chi connectivity index (χ0v) is 18.4. The molecule has 0 saturated heterocycles. The fraction of sp³-hybridized carbons (Fsp3) is 0.0588. The van der Waals surface area contributed by atoms with Crippen molar-refractivity contribution in [2.45, 2.75) is 0 Å². The van der Waals surface area contributed by atoms with E-state index in [4.69, 9.17) is 39.5 Å². The van der Waals surface area contributed by atoms with Crippen LogP contribution in [-0.4, -0.2) is 23.7 Å². The summed E-state index contributed by atoms with van der Waals surface area (Å²) in [6, 6.07) is 7.08. The molecule has 9 heteroatoms. The molecule has 26 heavy (non-hydrogen) atoms. The van der Waals surface area contributed by atoms with Gasteiger partial charge in [0.1, 0.15) is 20.8 Å². The number of hydrogen-bond donors (Lipinski definition) is 1. The molecule has 4 nitrogen and oxygen atoms in total. The first kappa shape index (κ1) is 19.7. The van der Waals surface area contributed by atoms with Gasteiger partial charge in [0, 0.05) is 15.7 Å². The topological polar surface area (TPSA) is 59.2 Å². The zero-order chi connectivity index (χ0) is 19.2. The second-order valence-electron chi connectivity index (χ2n) is 5.23. The largest absolute Gasteiger partial charge is 0.495 e. The summed E-state index contributed by atoms with van der Waals surface area (Å²) in [5.41, 5.74) is 1.73. The average Bonchev–Trinajstić information content (AvgIpc) is 3.07. The number of ether oxygens (including phenoxy) is 1. The number of Topliss-reactive ketones (excluding diaryl/α,β-unsaturated/α-hetero) is 2. The van der Waals surface area contributed by atoms with Crippen LogP contribution in [0, 0.1) is 0 Å². The van der Waals surface area contributed by atoms with E-state index < -0.39 is 11.6 Å². The van der Waals surface area contributed by atoms with Crippen molar-refractivity contribution in [2.24, 2.45) is 0 Å². The van der Waals surface area contributed by atoms with Crippen LogP contribution in [0.3, 0.4) is 0 Å². The number of nitrogens with one attached hydrogen (secondary N) is 1. The standard InChI is InChI=1S/C17H8Br2Cl3NO3/c1-26-17-7(4-6(18)5-8(17)19)9-2-3-10(23-9)11-12(20)16(25)14(22)13(21)15(11)24/h2-5,23H,1H3. The second kappa shape index (κ2) is 7.52. The third kappa shape index (κ3) is 3.29. The Morgan fingerprint density at radius 2 is 1.54 bits per heavy atom. The Balaban J connectivity index is 2.13. The Morgan fingerprint density at radius 1 is 0.923 bits per heavy atom. The van der Waals surface area contributed by atoms with Crippen LogP contribution in [0.2, 0.25) is 0 Å². The molecule has 0 spiro atoms. The minimum atomic E-state index is -0.688. The number of carbonyl (C=O) groups excluding carboxylic acids is 2. The molecule has 1 aromatic heterocycles. The van der Waals surface area contributed by atoms with Gasteiger partial charge in [-0.1, -0.05) is 50.7 Å². The maximum atomic E-state index is 12.4. The molecule has 0 unspecified atom stereocenters. The number of benzene rings is 1. The van der Waals surface area contributed by atoms with Gasteiger partial charge in [0.2, 0.25) is 11.6 Å². The van der Waals surface area contributed by atoms with E-state index in [1.54, 1.807) is 19.2 Å². The molecule has 1 aliphatic rings. The predicted molar refractivity (Wildman–Crippen MR) is 110 cm³/mol. The molecule has 1 N–H and O–H groups in total. The average molecular weight is 540 g/mol. The van der Waals surface area contributed by atoms with Crippen LogP contribution in [0.5, 0.6) is 5.75 Å². The number of allylic oxidation sites excluding steroid dienone is 4. The van der Waals surface area contributed by atoms with E-state index in [9.17, 15) is 9.59 Å². The number of rotatable bonds is 3. The van der Waals surface area contributed by atoms with Crippen LogP contribution in [0.4, 0.5) is 0 Å². The Morgan fingerprint density at radius 3 is 2.19 bits per heavy atom. The van der Waals surface area contributed by atoms with Crippen molar-refractivity contribution in [1.29, 1.82) is 0 Å². The van der Waals surface area contributed by atoms with Gasteiger partial charge in [-0.2, -0.15) is 0 Å². The SMILES string of the molecule is COc1c(Br)cc(Br)cc1-c1ccc(C2=C(Cl)C(=O)C(Cl)=C(Cl)C2=O)[nH]1. The van der Waals surface area contributed by atoms with Crippen molar-refractivity contribution in [2.75, 3.05) is 7.11 Å². The number of carbonyl (C=O) groups is 2. The van der Waals surface area contributed by atoms with E-state index in [1.807, 2.05) is 12.1 Å². The summed E-state index contributed by atoms with van der Waals surface area (Å²) < 4.78 is 7.02. The van der Waals surface area contributed by atoms with E-state index >= 15 is 0 Å². The highest BCUT2D eigenvalue weighted by Gasteiger charge is 2.33. The molecule has 3 rings (SSSR count). The summed E-state index contributed by atoms with van der Waals surface area (Å²) in [6.07, 6.45) is 0. The normalized spacial score (nSPS) is 15.2. The molecular weight excluding hydrogens is 532 g/mol. The molecule has 0 aliphatic heterocycles. The minimum Gasteiger partial charge on any atom is -0.495 e. The Labute approximate surface area is 180 Å². The predicted octanol–water partition coefficient (Wildman–Crippen LogP) is 6.01. The molecular formula is C17H8Br2Cl3NO3. The lowest BCUT2D eigenvalue weighted by atomic mass is 10.0. The molecule has 0 radical (unpaired) electrons. The maximum Gasteiger partial charge on any atom is 0.218 e. The van der Waals surface area contributed by atoms with Crippen molar-refractivity contribution < 1.29 is 14.3 Å². The fourth-order valence-electron chi connectivity index (χ4n) is 2.53. The monoisotopic (exact) mass is 537 g/mol. The first-order valence-corrected chi connectivity index (χ1v) is 9.75. The lowest BCUT2D eigenvalue weighted by Crippen LogP contribution is -2.17. The Kier molecular flexibility index (Phi) is 5.70. The van der Waals surface area contributed by atoms with E-state index in [-0.39, 0.29) is 20.7 Å². The number of aromatic nitrogens is 1. The van der Waals surface area contributed by atoms with Gasteiger partial charge in [-0.25, -0.2) is 0 Å². The third-order valence-electron chi connectivity index (χ3n) is 3.70. The molecule has 1 heterocycles. The molecule has 0 bridgehead atoms. The van der Waals surface area contributed by atoms with Crippen LogP contribution in [0.15, 0.2) is 48.3 Å². The van der Waals surface area contributed by atoms with Gasteiger partial charge in [0.15, 0.2) is 0 Å². The van der Waals surface area contributed by atoms with Crippen molar-refractivity contribution in [3.05, 3.63) is 54.0 Å². The van der Waals surface area contributed by atoms with Gasteiger partial charge in [-0.05, 0) is 40.2 Å². The summed E-state index contributed by atoms with van der Waals surface area (Å²) >= 11 is 24.6. The first-order chi connectivity index (χ1) is 12.3. The summed E-state index contributed by atoms with van der Waals surface area (Å²) in [5, 5.41) is -1.01. The Hall–Kier alpha value is -1.05. The molecule has 1 aromatic carbocycles. The molecule has 0 fully saturated rings. The van der Waals surface area contributed by atoms with Gasteiger partial charge in [-0.15, -0.1) is 0 Å². The van der Waals surface area contributed by atoms with Crippen LogP contribution < -0.4 is 4.74 Å². The van der Waals surface area contributed by atoms with Crippen molar-refractivity contribution in [3.8, 4) is 17.0 Å². The lowest BCUT2D eigenvalue weighted by Gasteiger charge is -2.14. The number of methoxy groups -OCH3 is 1. The highest BCUT2D eigenvalue weighted by molar-refractivity contribution is 9.11. The number of hydrogen-bond acceptors (Lipinski definition) is 3. The number of ketones is 2. The molecule has 134 valence electrons. The number of H-pyrrole nitrogens is 1. The highest BCUT2D eigenvalue weighted by Crippen LogP contribution is 2.41. The van der Waals surface area contributed by atoms with Crippen molar-refractivity contribution in [3.63, 3.8) is 0 Å². The van der Waals surface area contributed by atoms with Gasteiger partial charge in [-0.3, -0.25) is 9.59 Å². The van der Waals surface area contributed by atoms with Crippen LogP contribution in [0.25, 0.3) is 16.8 Å². The quantitative estimate of drug-likeness (QED) is 0.486. The number of aromatic amines is 1. The van der Waals surface area contributed by atoms with Gasteiger partial charge < -0.3 is 9.72 Å². The minimum absolute atomic E-state index is 0.0228. The summed E-state index contributed by atoms with van der Waals surface area (Å²) in [4.78, 5) is 27.6. The second-order valence-corrected chi connectivity index (χ2v) is 8.13. The van der Waals surface area contributed by atoms with E-state index in [0.29, 0.717) is 17.1 Å². The van der Waals surface area contributed by atoms with Gasteiger partial charge >= 0.3 is 0 Å². The van der Waals surface area contributed by atoms with Crippen LogP contribution >= 0.6 is 66.7 Å². The van der Waals surface area contributed by atoms with E-state index in [1.165, 1.54) is 0 Å². The molecule has 1 aliphatic carbocycles. The van der Waals surface area contributed by atoms with E-state index in [0.717, 1.165) is 14.5 Å². The summed E-state index contributed by atoms with van der Waals surface area (Å²) in [5.74, 6) is -0.697. The zero-order valence-electron chi connectivity index (χ0n) is 12.9. The lowest BCUT2D eigenvalue weighted by molar-refractivity contribution is -0.114. The van der Waals surface area contributed by atoms with Crippen molar-refractivity contribution in [1.82, 2.24) is 4.98 Å². The maximum absolute atomic E-state index is 12.4. The number of halogens is 5. The molecule has 2 aromatic rings. The van der Waals surface area contributed by atoms with E-state index in [2.05, 4.69) is 36.8 Å². The smallest absolute Gasteiger partial charge is 0.218 e. The molecule has 0 atom stereocenters.